The van der Waals surface area contributed by atoms with Crippen molar-refractivity contribution in [3.05, 3.63) is 33.2 Å². The first-order valence-electron chi connectivity index (χ1n) is 5.37. The maximum Gasteiger partial charge on any atom is 0.351 e. The summed E-state index contributed by atoms with van der Waals surface area (Å²) in [6.45, 7) is 0.164. The Morgan fingerprint density at radius 3 is 3.28 bits per heavy atom. The molecule has 1 aromatic heterocycles. The molecule has 1 fully saturated rings. The molecular formula is C9H12N6O3. The van der Waals surface area contributed by atoms with Crippen molar-refractivity contribution in [3.63, 3.8) is 0 Å². The maximum atomic E-state index is 11.6. The molecule has 1 aliphatic rings. The van der Waals surface area contributed by atoms with Crippen molar-refractivity contribution in [3.8, 4) is 0 Å². The van der Waals surface area contributed by atoms with Crippen molar-refractivity contribution >= 4 is 5.82 Å². The molecule has 0 saturated carbocycles. The zero-order valence-corrected chi connectivity index (χ0v) is 9.47. The minimum atomic E-state index is -0.448. The third kappa shape index (κ3) is 2.70. The molecule has 2 N–H and O–H groups in total. The van der Waals surface area contributed by atoms with E-state index in [0.29, 0.717) is 12.8 Å². The number of rotatable bonds is 4. The van der Waals surface area contributed by atoms with Gasteiger partial charge in [-0.2, -0.15) is 4.98 Å². The molecule has 2 heterocycles. The predicted molar refractivity (Wildman–Crippen MR) is 61.2 cm³/mol. The number of azide groups is 1. The number of hydrogen-bond donors (Lipinski definition) is 1. The van der Waals surface area contributed by atoms with Crippen LogP contribution in [0, 0.1) is 0 Å². The highest BCUT2D eigenvalue weighted by molar-refractivity contribution is 5.23. The van der Waals surface area contributed by atoms with Crippen LogP contribution in [0.3, 0.4) is 0 Å². The Hall–Kier alpha value is -2.25. The smallest absolute Gasteiger partial charge is 0.351 e. The van der Waals surface area contributed by atoms with E-state index in [1.807, 2.05) is 0 Å². The average molecular weight is 252 g/mol. The van der Waals surface area contributed by atoms with Gasteiger partial charge in [0.15, 0.2) is 0 Å². The van der Waals surface area contributed by atoms with E-state index in [1.54, 1.807) is 6.20 Å². The van der Waals surface area contributed by atoms with Crippen molar-refractivity contribution in [1.29, 1.82) is 0 Å². The Labute approximate surface area is 102 Å². The molecule has 0 amide bonds. The molecule has 9 heteroatoms. The van der Waals surface area contributed by atoms with E-state index >= 15 is 0 Å². The number of nitrogens with two attached hydrogens (primary N) is 1. The largest absolute Gasteiger partial charge is 0.431 e. The topological polar surface area (TPSA) is 128 Å². The Balaban J connectivity index is 2.00. The van der Waals surface area contributed by atoms with Gasteiger partial charge in [-0.15, -0.1) is 0 Å². The zero-order chi connectivity index (χ0) is 13.0. The highest BCUT2D eigenvalue weighted by Gasteiger charge is 2.27. The van der Waals surface area contributed by atoms with E-state index in [1.165, 1.54) is 10.6 Å². The van der Waals surface area contributed by atoms with Gasteiger partial charge in [-0.05, 0) is 24.4 Å². The molecule has 0 aliphatic carbocycles. The second-order valence-electron chi connectivity index (χ2n) is 3.80. The molecule has 0 unspecified atom stereocenters. The van der Waals surface area contributed by atoms with Gasteiger partial charge in [0, 0.05) is 11.1 Å². The van der Waals surface area contributed by atoms with Crippen molar-refractivity contribution in [2.45, 2.75) is 25.2 Å². The summed E-state index contributed by atoms with van der Waals surface area (Å²) in [7, 11) is 0. The summed E-state index contributed by atoms with van der Waals surface area (Å²) in [4.78, 5) is 22.3. The molecule has 2 atom stereocenters. The van der Waals surface area contributed by atoms with Gasteiger partial charge in [-0.3, -0.25) is 4.57 Å². The van der Waals surface area contributed by atoms with Gasteiger partial charge in [0.25, 0.3) is 0 Å². The number of nitrogens with zero attached hydrogens (tertiary/aromatic N) is 5. The zero-order valence-electron chi connectivity index (χ0n) is 9.47. The summed E-state index contributed by atoms with van der Waals surface area (Å²) < 4.78 is 6.97. The van der Waals surface area contributed by atoms with E-state index in [-0.39, 0.29) is 24.8 Å². The second kappa shape index (κ2) is 5.39. The first-order chi connectivity index (χ1) is 8.70. The number of anilines is 1. The van der Waals surface area contributed by atoms with Crippen LogP contribution in [0.25, 0.3) is 10.4 Å². The van der Waals surface area contributed by atoms with E-state index in [2.05, 4.69) is 20.0 Å². The van der Waals surface area contributed by atoms with Gasteiger partial charge >= 0.3 is 5.69 Å². The lowest BCUT2D eigenvalue weighted by molar-refractivity contribution is -0.0430. The molecule has 1 aliphatic heterocycles. The van der Waals surface area contributed by atoms with Crippen molar-refractivity contribution in [1.82, 2.24) is 9.55 Å². The highest BCUT2D eigenvalue weighted by Crippen LogP contribution is 2.27. The molecule has 1 saturated heterocycles. The minimum Gasteiger partial charge on any atom is -0.431 e. The van der Waals surface area contributed by atoms with Gasteiger partial charge in [-0.1, -0.05) is 0 Å². The molecular weight excluding hydrogens is 240 g/mol. The number of ether oxygens (including phenoxy) is 1. The maximum absolute atomic E-state index is 11.6. The number of nitrogen functional groups attached to an aromatic ring is 1. The molecule has 18 heavy (non-hydrogen) atoms. The van der Waals surface area contributed by atoms with Gasteiger partial charge in [0.1, 0.15) is 23.9 Å². The van der Waals surface area contributed by atoms with Crippen LogP contribution in [0.1, 0.15) is 19.1 Å². The van der Waals surface area contributed by atoms with Crippen LogP contribution in [0.5, 0.6) is 0 Å². The van der Waals surface area contributed by atoms with Gasteiger partial charge in [-0.25, -0.2) is 4.79 Å². The minimum absolute atomic E-state index is 0.164. The second-order valence-corrected chi connectivity index (χ2v) is 3.80. The third-order valence-corrected chi connectivity index (χ3v) is 2.60. The molecule has 0 aromatic carbocycles. The van der Waals surface area contributed by atoms with Gasteiger partial charge in [0.05, 0.1) is 6.10 Å². The summed E-state index contributed by atoms with van der Waals surface area (Å²) >= 11 is 0. The van der Waals surface area contributed by atoms with Crippen molar-refractivity contribution in [2.24, 2.45) is 5.28 Å². The first-order valence-corrected chi connectivity index (χ1v) is 5.37. The van der Waals surface area contributed by atoms with Crippen LogP contribution in [0.15, 0.2) is 22.3 Å². The molecule has 9 nitrogen and oxygen atoms in total. The monoisotopic (exact) mass is 252 g/mol. The molecule has 0 spiro atoms. The van der Waals surface area contributed by atoms with E-state index < -0.39 is 5.69 Å². The lowest BCUT2D eigenvalue weighted by atomic mass is 10.2. The summed E-state index contributed by atoms with van der Waals surface area (Å²) in [5.74, 6) is 0.178. The summed E-state index contributed by atoms with van der Waals surface area (Å²) in [5, 5.41) is 2.97. The standard InChI is InChI=1S/C9H12N6O3/c10-7-3-4-15(9(16)12-7)8-2-1-6(18-8)5-17-14-13-11/h3-4,6,8H,1-2,5H2,(H2,10,12,16)/t6-,8+/m0/s1. The van der Waals surface area contributed by atoms with Crippen molar-refractivity contribution in [2.75, 3.05) is 12.3 Å². The van der Waals surface area contributed by atoms with Crippen LogP contribution < -0.4 is 11.4 Å². The number of aromatic nitrogens is 2. The molecule has 96 valence electrons. The average Bonchev–Trinajstić information content (AvgIpc) is 2.78. The van der Waals surface area contributed by atoms with E-state index in [0.717, 1.165) is 0 Å². The fraction of sp³-hybridized carbons (Fsp3) is 0.556. The van der Waals surface area contributed by atoms with Crippen molar-refractivity contribution < 1.29 is 9.57 Å². The van der Waals surface area contributed by atoms with Crippen LogP contribution in [0.4, 0.5) is 5.82 Å². The summed E-state index contributed by atoms with van der Waals surface area (Å²) in [6, 6.07) is 1.54. The first kappa shape index (κ1) is 12.2. The third-order valence-electron chi connectivity index (χ3n) is 2.60. The fourth-order valence-electron chi connectivity index (χ4n) is 1.80. The predicted octanol–water partition coefficient (Wildman–Crippen LogP) is 0.745. The Morgan fingerprint density at radius 2 is 2.56 bits per heavy atom. The molecule has 0 radical (unpaired) electrons. The van der Waals surface area contributed by atoms with E-state index in [4.69, 9.17) is 16.0 Å². The fourth-order valence-corrected chi connectivity index (χ4v) is 1.80. The Bertz CT molecular complexity index is 523. The van der Waals surface area contributed by atoms with Gasteiger partial charge < -0.3 is 15.3 Å². The molecule has 1 aromatic rings. The Morgan fingerprint density at radius 1 is 1.72 bits per heavy atom. The van der Waals surface area contributed by atoms with Crippen LogP contribution in [0.2, 0.25) is 0 Å². The SMILES string of the molecule is [N-]=[N+]=NOC[C@@H]1CC[C@H](n2ccc(N)nc2=O)O1. The molecule has 0 bridgehead atoms. The van der Waals surface area contributed by atoms with Crippen LogP contribution >= 0.6 is 0 Å². The van der Waals surface area contributed by atoms with Gasteiger partial charge in [0.2, 0.25) is 0 Å². The lowest BCUT2D eigenvalue weighted by Gasteiger charge is -2.14. The summed E-state index contributed by atoms with van der Waals surface area (Å²) in [5.41, 5.74) is 13.0. The lowest BCUT2D eigenvalue weighted by Crippen LogP contribution is -2.27. The van der Waals surface area contributed by atoms with Crippen LogP contribution in [-0.2, 0) is 9.57 Å². The van der Waals surface area contributed by atoms with Crippen LogP contribution in [-0.4, -0.2) is 22.3 Å². The normalized spacial score (nSPS) is 22.4. The van der Waals surface area contributed by atoms with E-state index in [9.17, 15) is 4.79 Å². The highest BCUT2D eigenvalue weighted by atomic mass is 16.7. The summed E-state index contributed by atoms with van der Waals surface area (Å²) in [6.07, 6.45) is 2.33. The Kier molecular flexibility index (Phi) is 3.66. The quantitative estimate of drug-likeness (QED) is 0.366. The number of hydrogen-bond acceptors (Lipinski definition) is 6. The molecule has 2 rings (SSSR count).